The monoisotopic (exact) mass is 454 g/mol. The normalized spacial score (nSPS) is 10.7. The highest BCUT2D eigenvalue weighted by atomic mass is 32.2. The van der Waals surface area contributed by atoms with Gasteiger partial charge in [0.15, 0.2) is 5.82 Å². The molecule has 31 heavy (non-hydrogen) atoms. The number of H-pyrrole nitrogens is 1. The van der Waals surface area contributed by atoms with Crippen molar-refractivity contribution in [1.82, 2.24) is 15.2 Å². The molecule has 0 aliphatic carbocycles. The van der Waals surface area contributed by atoms with Gasteiger partial charge in [0.2, 0.25) is 11.1 Å². The minimum atomic E-state index is -0.514. The Morgan fingerprint density at radius 3 is 2.81 bits per heavy atom. The van der Waals surface area contributed by atoms with Crippen LogP contribution in [0, 0.1) is 0 Å². The first-order chi connectivity index (χ1) is 15.2. The number of nitrogens with one attached hydrogen (secondary N) is 2. The second-order valence-electron chi connectivity index (χ2n) is 6.22. The zero-order valence-corrected chi connectivity index (χ0v) is 18.1. The van der Waals surface area contributed by atoms with Crippen molar-refractivity contribution in [3.63, 3.8) is 0 Å². The van der Waals surface area contributed by atoms with E-state index in [9.17, 15) is 9.59 Å². The Morgan fingerprint density at radius 1 is 1.23 bits per heavy atom. The van der Waals surface area contributed by atoms with E-state index < -0.39 is 5.97 Å². The van der Waals surface area contributed by atoms with Gasteiger partial charge in [-0.25, -0.2) is 9.78 Å². The molecule has 0 aliphatic heterocycles. The molecule has 2 N–H and O–H groups in total. The number of hydrogen-bond donors (Lipinski definition) is 2. The largest absolute Gasteiger partial charge is 0.464 e. The molecule has 4 rings (SSSR count). The number of thioether (sulfide) groups is 1. The van der Waals surface area contributed by atoms with Crippen molar-refractivity contribution in [1.29, 1.82) is 0 Å². The van der Waals surface area contributed by atoms with Gasteiger partial charge in [-0.1, -0.05) is 42.1 Å². The zero-order chi connectivity index (χ0) is 21.6. The SMILES string of the molecule is CCOC(=O)c1c(-c2ccco2)csc1NC(=O)CSc1n[nH]c(-c2ccccc2)n1. The summed E-state index contributed by atoms with van der Waals surface area (Å²) in [7, 11) is 0. The number of nitrogens with zero attached hydrogens (tertiary/aromatic N) is 2. The third-order valence-corrected chi connectivity index (χ3v) is 5.90. The van der Waals surface area contributed by atoms with Gasteiger partial charge in [0, 0.05) is 16.5 Å². The summed E-state index contributed by atoms with van der Waals surface area (Å²) in [6.45, 7) is 1.95. The molecular weight excluding hydrogens is 436 g/mol. The second-order valence-corrected chi connectivity index (χ2v) is 8.04. The van der Waals surface area contributed by atoms with Gasteiger partial charge in [0.1, 0.15) is 16.3 Å². The number of carbonyl (C=O) groups excluding carboxylic acids is 2. The van der Waals surface area contributed by atoms with Crippen molar-refractivity contribution in [2.24, 2.45) is 0 Å². The van der Waals surface area contributed by atoms with Crippen molar-refractivity contribution in [2.75, 3.05) is 17.7 Å². The van der Waals surface area contributed by atoms with Gasteiger partial charge in [-0.05, 0) is 19.1 Å². The molecular formula is C21H18N4O4S2. The fourth-order valence-corrected chi connectivity index (χ4v) is 4.35. The predicted octanol–water partition coefficient (Wildman–Crippen LogP) is 4.70. The van der Waals surface area contributed by atoms with E-state index in [1.54, 1.807) is 24.4 Å². The van der Waals surface area contributed by atoms with E-state index >= 15 is 0 Å². The highest BCUT2D eigenvalue weighted by Crippen LogP contribution is 2.36. The van der Waals surface area contributed by atoms with E-state index in [-0.39, 0.29) is 23.8 Å². The van der Waals surface area contributed by atoms with Crippen LogP contribution >= 0.6 is 23.1 Å². The standard InChI is InChI=1S/C21H18N4O4S2/c1-2-28-20(27)17-14(15-9-6-10-29-15)11-30-19(17)22-16(26)12-31-21-23-18(24-25-21)13-7-4-3-5-8-13/h3-11H,2,12H2,1H3,(H,22,26)(H,23,24,25). The highest BCUT2D eigenvalue weighted by Gasteiger charge is 2.24. The van der Waals surface area contributed by atoms with Gasteiger partial charge in [0.25, 0.3) is 0 Å². The number of aromatic amines is 1. The Bertz CT molecular complexity index is 1170. The maximum atomic E-state index is 12.5. The van der Waals surface area contributed by atoms with Gasteiger partial charge in [0.05, 0.1) is 18.6 Å². The fourth-order valence-electron chi connectivity index (χ4n) is 2.80. The Hall–Kier alpha value is -3.37. The molecule has 1 amide bonds. The number of hydrogen-bond acceptors (Lipinski definition) is 8. The Morgan fingerprint density at radius 2 is 2.06 bits per heavy atom. The summed E-state index contributed by atoms with van der Waals surface area (Å²) in [5.41, 5.74) is 1.77. The smallest absolute Gasteiger partial charge is 0.341 e. The number of anilines is 1. The molecule has 0 aliphatic rings. The van der Waals surface area contributed by atoms with Crippen LogP contribution in [-0.4, -0.2) is 39.4 Å². The second kappa shape index (κ2) is 9.63. The number of benzene rings is 1. The molecule has 0 spiro atoms. The third-order valence-electron chi connectivity index (χ3n) is 4.15. The van der Waals surface area contributed by atoms with Crippen LogP contribution in [0.2, 0.25) is 0 Å². The predicted molar refractivity (Wildman–Crippen MR) is 119 cm³/mol. The van der Waals surface area contributed by atoms with Gasteiger partial charge < -0.3 is 14.5 Å². The van der Waals surface area contributed by atoms with Crippen LogP contribution in [0.25, 0.3) is 22.7 Å². The summed E-state index contributed by atoms with van der Waals surface area (Å²) < 4.78 is 10.6. The number of carbonyl (C=O) groups is 2. The van der Waals surface area contributed by atoms with Gasteiger partial charge in [-0.3, -0.25) is 9.89 Å². The van der Waals surface area contributed by atoms with Crippen molar-refractivity contribution in [2.45, 2.75) is 12.1 Å². The number of esters is 1. The molecule has 1 aromatic carbocycles. The minimum absolute atomic E-state index is 0.0856. The molecule has 8 nitrogen and oxygen atoms in total. The van der Waals surface area contributed by atoms with E-state index in [0.717, 1.165) is 5.56 Å². The van der Waals surface area contributed by atoms with Crippen LogP contribution in [0.3, 0.4) is 0 Å². The minimum Gasteiger partial charge on any atom is -0.464 e. The first-order valence-corrected chi connectivity index (χ1v) is 11.2. The lowest BCUT2D eigenvalue weighted by Gasteiger charge is -2.07. The first-order valence-electron chi connectivity index (χ1n) is 9.38. The molecule has 0 saturated carbocycles. The fraction of sp³-hybridized carbons (Fsp3) is 0.143. The maximum Gasteiger partial charge on any atom is 0.341 e. The van der Waals surface area contributed by atoms with E-state index in [1.807, 2.05) is 30.3 Å². The van der Waals surface area contributed by atoms with Gasteiger partial charge in [-0.15, -0.1) is 16.4 Å². The van der Waals surface area contributed by atoms with Crippen LogP contribution in [0.15, 0.2) is 63.7 Å². The summed E-state index contributed by atoms with van der Waals surface area (Å²) in [4.78, 5) is 29.4. The van der Waals surface area contributed by atoms with Gasteiger partial charge >= 0.3 is 5.97 Å². The molecule has 158 valence electrons. The molecule has 3 aromatic heterocycles. The lowest BCUT2D eigenvalue weighted by Crippen LogP contribution is -2.16. The quantitative estimate of drug-likeness (QED) is 0.293. The number of rotatable bonds is 8. The number of ether oxygens (including phenoxy) is 1. The number of furan rings is 1. The lowest BCUT2D eigenvalue weighted by atomic mass is 10.1. The Kier molecular flexibility index (Phi) is 6.48. The molecule has 0 unspecified atom stereocenters. The Balaban J connectivity index is 1.44. The van der Waals surface area contributed by atoms with Crippen molar-refractivity contribution in [3.05, 3.63) is 59.7 Å². The molecule has 0 bridgehead atoms. The van der Waals surface area contributed by atoms with Crippen LogP contribution < -0.4 is 5.32 Å². The number of amides is 1. The lowest BCUT2D eigenvalue weighted by molar-refractivity contribution is -0.113. The Labute approximate surface area is 186 Å². The highest BCUT2D eigenvalue weighted by molar-refractivity contribution is 7.99. The number of thiophene rings is 1. The molecule has 0 radical (unpaired) electrons. The van der Waals surface area contributed by atoms with Crippen LogP contribution in [0.5, 0.6) is 0 Å². The van der Waals surface area contributed by atoms with Gasteiger partial charge in [-0.2, -0.15) is 0 Å². The third kappa shape index (κ3) is 4.86. The van der Waals surface area contributed by atoms with E-state index in [0.29, 0.717) is 27.3 Å². The van der Waals surface area contributed by atoms with E-state index in [2.05, 4.69) is 20.5 Å². The molecule has 10 heteroatoms. The van der Waals surface area contributed by atoms with E-state index in [4.69, 9.17) is 9.15 Å². The average molecular weight is 455 g/mol. The first kappa shape index (κ1) is 20.9. The van der Waals surface area contributed by atoms with Crippen LogP contribution in [0.4, 0.5) is 5.00 Å². The average Bonchev–Trinajstić information content (AvgIpc) is 3.53. The van der Waals surface area contributed by atoms with E-state index in [1.165, 1.54) is 29.4 Å². The zero-order valence-electron chi connectivity index (χ0n) is 16.5. The van der Waals surface area contributed by atoms with Crippen molar-refractivity contribution in [3.8, 4) is 22.7 Å². The van der Waals surface area contributed by atoms with Crippen LogP contribution in [0.1, 0.15) is 17.3 Å². The molecule has 0 fully saturated rings. The summed E-state index contributed by atoms with van der Waals surface area (Å²) in [5.74, 6) is 0.453. The molecule has 0 saturated heterocycles. The molecule has 4 aromatic rings. The maximum absolute atomic E-state index is 12.5. The number of aromatic nitrogens is 3. The molecule has 3 heterocycles. The molecule has 0 atom stereocenters. The summed E-state index contributed by atoms with van der Waals surface area (Å²) in [6, 6.07) is 13.1. The summed E-state index contributed by atoms with van der Waals surface area (Å²) in [5, 5.41) is 12.4. The van der Waals surface area contributed by atoms with Crippen molar-refractivity contribution < 1.29 is 18.7 Å². The van der Waals surface area contributed by atoms with Crippen LogP contribution in [-0.2, 0) is 9.53 Å². The summed E-state index contributed by atoms with van der Waals surface area (Å²) >= 11 is 2.44. The van der Waals surface area contributed by atoms with Crippen molar-refractivity contribution >= 4 is 40.0 Å². The summed E-state index contributed by atoms with van der Waals surface area (Å²) in [6.07, 6.45) is 1.53. The topological polar surface area (TPSA) is 110 Å².